The fraction of sp³-hybridized carbons (Fsp3) is 0.185. The second kappa shape index (κ2) is 9.11. The predicted molar refractivity (Wildman–Crippen MR) is 118 cm³/mol. The third-order valence-corrected chi connectivity index (χ3v) is 5.66. The minimum absolute atomic E-state index is 0.0308. The van der Waals surface area contributed by atoms with E-state index in [-0.39, 0.29) is 16.7 Å². The van der Waals surface area contributed by atoms with Crippen LogP contribution in [-0.4, -0.2) is 0 Å². The lowest BCUT2D eigenvalue weighted by Gasteiger charge is -2.11. The van der Waals surface area contributed by atoms with E-state index >= 15 is 0 Å². The summed E-state index contributed by atoms with van der Waals surface area (Å²) in [4.78, 5) is 0. The van der Waals surface area contributed by atoms with Gasteiger partial charge < -0.3 is 0 Å². The van der Waals surface area contributed by atoms with E-state index in [1.165, 1.54) is 24.1 Å². The molecule has 0 fully saturated rings. The molecular formula is C27H21F5. The number of hydrogen-bond acceptors (Lipinski definition) is 0. The SMILES string of the molecule is CCCCCc1ccc2cc(-c3ccc(-c4cc(F)c(F)c(F)c4)c(F)c3F)ccc2c1. The summed E-state index contributed by atoms with van der Waals surface area (Å²) in [6.07, 6.45) is 4.45. The minimum Gasteiger partial charge on any atom is -0.204 e. The van der Waals surface area contributed by atoms with E-state index in [0.29, 0.717) is 17.7 Å². The van der Waals surface area contributed by atoms with Crippen molar-refractivity contribution in [2.75, 3.05) is 0 Å². The maximum Gasteiger partial charge on any atom is 0.194 e. The molecule has 0 unspecified atom stereocenters. The molecule has 0 aliphatic rings. The Kier molecular flexibility index (Phi) is 6.26. The van der Waals surface area contributed by atoms with Crippen LogP contribution in [0.3, 0.4) is 0 Å². The highest BCUT2D eigenvalue weighted by Crippen LogP contribution is 2.34. The average molecular weight is 440 g/mol. The van der Waals surface area contributed by atoms with E-state index < -0.39 is 29.1 Å². The lowest BCUT2D eigenvalue weighted by Crippen LogP contribution is -1.97. The lowest BCUT2D eigenvalue weighted by molar-refractivity contribution is 0.447. The molecule has 0 saturated carbocycles. The number of fused-ring (bicyclic) bond motifs is 1. The van der Waals surface area contributed by atoms with Crippen LogP contribution in [0, 0.1) is 29.1 Å². The molecule has 4 aromatic rings. The minimum atomic E-state index is -1.66. The Balaban J connectivity index is 1.69. The van der Waals surface area contributed by atoms with Gasteiger partial charge in [-0.15, -0.1) is 0 Å². The van der Waals surface area contributed by atoms with Gasteiger partial charge >= 0.3 is 0 Å². The van der Waals surface area contributed by atoms with Crippen LogP contribution in [0.15, 0.2) is 60.7 Å². The summed E-state index contributed by atoms with van der Waals surface area (Å²) >= 11 is 0. The molecule has 0 atom stereocenters. The van der Waals surface area contributed by atoms with Gasteiger partial charge in [0.15, 0.2) is 29.1 Å². The van der Waals surface area contributed by atoms with E-state index in [9.17, 15) is 22.0 Å². The lowest BCUT2D eigenvalue weighted by atomic mass is 9.96. The van der Waals surface area contributed by atoms with Crippen LogP contribution in [0.25, 0.3) is 33.0 Å². The molecule has 0 spiro atoms. The summed E-state index contributed by atoms with van der Waals surface area (Å²) in [5.74, 6) is -6.97. The van der Waals surface area contributed by atoms with Crippen LogP contribution in [-0.2, 0) is 6.42 Å². The molecule has 0 nitrogen and oxygen atoms in total. The monoisotopic (exact) mass is 440 g/mol. The fourth-order valence-corrected chi connectivity index (χ4v) is 3.90. The third-order valence-electron chi connectivity index (χ3n) is 5.66. The zero-order valence-corrected chi connectivity index (χ0v) is 17.5. The molecule has 0 N–H and O–H groups in total. The molecule has 0 aliphatic heterocycles. The smallest absolute Gasteiger partial charge is 0.194 e. The van der Waals surface area contributed by atoms with Crippen LogP contribution in [0.2, 0.25) is 0 Å². The predicted octanol–water partition coefficient (Wildman–Crippen LogP) is 8.60. The molecule has 164 valence electrons. The number of unbranched alkanes of at least 4 members (excludes halogenated alkanes) is 2. The Bertz CT molecular complexity index is 1270. The van der Waals surface area contributed by atoms with Crippen molar-refractivity contribution < 1.29 is 22.0 Å². The van der Waals surface area contributed by atoms with Crippen molar-refractivity contribution >= 4 is 10.8 Å². The topological polar surface area (TPSA) is 0 Å². The molecule has 5 heteroatoms. The van der Waals surface area contributed by atoms with Crippen molar-refractivity contribution in [3.63, 3.8) is 0 Å². The van der Waals surface area contributed by atoms with Crippen LogP contribution in [0.4, 0.5) is 22.0 Å². The van der Waals surface area contributed by atoms with Gasteiger partial charge in [0.1, 0.15) is 0 Å². The number of aryl methyl sites for hydroxylation is 1. The molecule has 0 amide bonds. The van der Waals surface area contributed by atoms with E-state index in [1.54, 1.807) is 12.1 Å². The highest BCUT2D eigenvalue weighted by molar-refractivity contribution is 5.88. The summed E-state index contributed by atoms with van der Waals surface area (Å²) in [6, 6.07) is 15.3. The summed E-state index contributed by atoms with van der Waals surface area (Å²) in [5.41, 5.74) is 1.12. The van der Waals surface area contributed by atoms with Gasteiger partial charge in [-0.25, -0.2) is 22.0 Å². The molecule has 0 bridgehead atoms. The molecule has 0 aromatic heterocycles. The zero-order valence-electron chi connectivity index (χ0n) is 17.5. The van der Waals surface area contributed by atoms with Gasteiger partial charge in [0, 0.05) is 11.1 Å². The van der Waals surface area contributed by atoms with Gasteiger partial charge in [0.2, 0.25) is 0 Å². The Morgan fingerprint density at radius 1 is 0.562 bits per heavy atom. The molecule has 0 radical (unpaired) electrons. The third kappa shape index (κ3) is 4.24. The van der Waals surface area contributed by atoms with Crippen molar-refractivity contribution in [3.8, 4) is 22.3 Å². The largest absolute Gasteiger partial charge is 0.204 e. The van der Waals surface area contributed by atoms with Crippen LogP contribution in [0.1, 0.15) is 31.7 Å². The van der Waals surface area contributed by atoms with Gasteiger partial charge in [0.05, 0.1) is 0 Å². The maximum atomic E-state index is 14.9. The van der Waals surface area contributed by atoms with Crippen LogP contribution < -0.4 is 0 Å². The number of hydrogen-bond donors (Lipinski definition) is 0. The second-order valence-corrected chi connectivity index (χ2v) is 7.90. The zero-order chi connectivity index (χ0) is 22.8. The Hall–Kier alpha value is -3.21. The van der Waals surface area contributed by atoms with Gasteiger partial charge in [-0.05, 0) is 58.5 Å². The first kappa shape index (κ1) is 22.0. The van der Waals surface area contributed by atoms with E-state index in [1.807, 2.05) is 18.2 Å². The van der Waals surface area contributed by atoms with Gasteiger partial charge in [-0.1, -0.05) is 62.2 Å². The van der Waals surface area contributed by atoms with Crippen molar-refractivity contribution in [2.45, 2.75) is 32.6 Å². The summed E-state index contributed by atoms with van der Waals surface area (Å²) in [7, 11) is 0. The van der Waals surface area contributed by atoms with E-state index in [2.05, 4.69) is 13.0 Å². The second-order valence-electron chi connectivity index (χ2n) is 7.90. The molecule has 4 aromatic carbocycles. The van der Waals surface area contributed by atoms with E-state index in [4.69, 9.17) is 0 Å². The van der Waals surface area contributed by atoms with Crippen LogP contribution in [0.5, 0.6) is 0 Å². The summed E-state index contributed by atoms with van der Waals surface area (Å²) in [6.45, 7) is 2.16. The van der Waals surface area contributed by atoms with Crippen molar-refractivity contribution in [2.24, 2.45) is 0 Å². The quantitative estimate of drug-likeness (QED) is 0.160. The highest BCUT2D eigenvalue weighted by atomic mass is 19.2. The molecule has 4 rings (SSSR count). The Morgan fingerprint density at radius 3 is 1.81 bits per heavy atom. The molecular weight excluding hydrogens is 419 g/mol. The van der Waals surface area contributed by atoms with Crippen LogP contribution >= 0.6 is 0 Å². The molecule has 32 heavy (non-hydrogen) atoms. The molecule has 0 aliphatic carbocycles. The number of benzene rings is 4. The maximum absolute atomic E-state index is 14.9. The first-order chi connectivity index (χ1) is 15.4. The fourth-order valence-electron chi connectivity index (χ4n) is 3.90. The van der Waals surface area contributed by atoms with Gasteiger partial charge in [-0.2, -0.15) is 0 Å². The average Bonchev–Trinajstić information content (AvgIpc) is 2.79. The number of rotatable bonds is 6. The Labute approximate surface area is 183 Å². The first-order valence-corrected chi connectivity index (χ1v) is 10.5. The van der Waals surface area contributed by atoms with Gasteiger partial charge in [0.25, 0.3) is 0 Å². The standard InChI is InChI=1S/C27H21F5/c1-2-3-4-5-16-6-7-18-13-19(9-8-17(18)12-16)21-10-11-22(26(31)25(21)30)20-14-23(28)27(32)24(29)15-20/h6-15H,2-5H2,1H3. The highest BCUT2D eigenvalue weighted by Gasteiger charge is 2.19. The van der Waals surface area contributed by atoms with Crippen molar-refractivity contribution in [1.29, 1.82) is 0 Å². The summed E-state index contributed by atoms with van der Waals surface area (Å²) in [5, 5.41) is 1.91. The first-order valence-electron chi connectivity index (χ1n) is 10.5. The Morgan fingerprint density at radius 2 is 1.16 bits per heavy atom. The van der Waals surface area contributed by atoms with Crippen molar-refractivity contribution in [1.82, 2.24) is 0 Å². The molecule has 0 saturated heterocycles. The van der Waals surface area contributed by atoms with Crippen molar-refractivity contribution in [3.05, 3.63) is 95.3 Å². The number of halogens is 5. The van der Waals surface area contributed by atoms with E-state index in [0.717, 1.165) is 30.0 Å². The summed E-state index contributed by atoms with van der Waals surface area (Å²) < 4.78 is 70.0. The normalized spacial score (nSPS) is 11.3. The van der Waals surface area contributed by atoms with Gasteiger partial charge in [-0.3, -0.25) is 0 Å². The molecule has 0 heterocycles.